The summed E-state index contributed by atoms with van der Waals surface area (Å²) in [7, 11) is 0. The minimum absolute atomic E-state index is 0.0702. The quantitative estimate of drug-likeness (QED) is 0.577. The van der Waals surface area contributed by atoms with Crippen LogP contribution in [0.4, 0.5) is 10.1 Å². The molecule has 0 heterocycles. The molecular formula is C9H11FN2O3. The van der Waals surface area contributed by atoms with E-state index in [1.807, 2.05) is 0 Å². The number of benzene rings is 1. The van der Waals surface area contributed by atoms with Gasteiger partial charge in [-0.3, -0.25) is 10.1 Å². The van der Waals surface area contributed by atoms with Crippen LogP contribution in [0.15, 0.2) is 18.2 Å². The van der Waals surface area contributed by atoms with Crippen LogP contribution in [0.2, 0.25) is 0 Å². The Morgan fingerprint density at radius 1 is 1.67 bits per heavy atom. The molecule has 0 bridgehead atoms. The Labute approximate surface area is 85.5 Å². The first-order valence-electron chi connectivity index (χ1n) is 4.22. The van der Waals surface area contributed by atoms with Crippen molar-refractivity contribution in [3.63, 3.8) is 0 Å². The van der Waals surface area contributed by atoms with Crippen LogP contribution in [0.25, 0.3) is 0 Å². The molecular weight excluding hydrogens is 203 g/mol. The molecule has 6 heteroatoms. The first-order chi connectivity index (χ1) is 6.88. The number of aliphatic hydroxyl groups excluding tert-OH is 1. The third kappa shape index (κ3) is 2.28. The van der Waals surface area contributed by atoms with Crippen LogP contribution in [0.3, 0.4) is 0 Å². The van der Waals surface area contributed by atoms with E-state index in [0.717, 1.165) is 18.2 Å². The highest BCUT2D eigenvalue weighted by Crippen LogP contribution is 2.24. The largest absolute Gasteiger partial charge is 0.394 e. The molecule has 0 aliphatic rings. The number of hydrogen-bond donors (Lipinski definition) is 2. The average molecular weight is 214 g/mol. The van der Waals surface area contributed by atoms with Gasteiger partial charge < -0.3 is 10.8 Å². The second kappa shape index (κ2) is 3.92. The summed E-state index contributed by atoms with van der Waals surface area (Å²) in [5, 5.41) is 19.4. The fraction of sp³-hybridized carbons (Fsp3) is 0.333. The van der Waals surface area contributed by atoms with Crippen LogP contribution in [0.5, 0.6) is 0 Å². The minimum Gasteiger partial charge on any atom is -0.394 e. The van der Waals surface area contributed by atoms with Gasteiger partial charge in [0.2, 0.25) is 0 Å². The van der Waals surface area contributed by atoms with Crippen LogP contribution >= 0.6 is 0 Å². The molecule has 0 saturated carbocycles. The first kappa shape index (κ1) is 11.5. The molecule has 0 amide bonds. The molecule has 0 fully saturated rings. The van der Waals surface area contributed by atoms with Crippen LogP contribution in [-0.2, 0) is 5.54 Å². The number of nitrogens with two attached hydrogens (primary N) is 1. The number of nitro benzene ring substituents is 1. The van der Waals surface area contributed by atoms with Crippen molar-refractivity contribution in [3.05, 3.63) is 39.7 Å². The fourth-order valence-electron chi connectivity index (χ4n) is 1.15. The van der Waals surface area contributed by atoms with Gasteiger partial charge in [0.15, 0.2) is 0 Å². The Morgan fingerprint density at radius 2 is 2.27 bits per heavy atom. The molecule has 1 unspecified atom stereocenters. The molecule has 15 heavy (non-hydrogen) atoms. The molecule has 5 nitrogen and oxygen atoms in total. The Morgan fingerprint density at radius 3 is 2.73 bits per heavy atom. The molecule has 1 rings (SSSR count). The maximum absolute atomic E-state index is 13.3. The Balaban J connectivity index is 3.28. The van der Waals surface area contributed by atoms with Crippen molar-refractivity contribution in [2.45, 2.75) is 12.5 Å². The van der Waals surface area contributed by atoms with Crippen LogP contribution in [0, 0.1) is 15.9 Å². The second-order valence-corrected chi connectivity index (χ2v) is 3.50. The van der Waals surface area contributed by atoms with E-state index in [-0.39, 0.29) is 11.3 Å². The second-order valence-electron chi connectivity index (χ2n) is 3.50. The first-order valence-corrected chi connectivity index (χ1v) is 4.22. The lowest BCUT2D eigenvalue weighted by atomic mass is 9.93. The third-order valence-electron chi connectivity index (χ3n) is 2.10. The summed E-state index contributed by atoms with van der Waals surface area (Å²) in [6.07, 6.45) is 0. The lowest BCUT2D eigenvalue weighted by Gasteiger charge is -2.22. The van der Waals surface area contributed by atoms with E-state index >= 15 is 0 Å². The normalized spacial score (nSPS) is 14.7. The SMILES string of the molecule is CC(N)(CO)c1cc([N+](=O)[O-])ccc1F. The lowest BCUT2D eigenvalue weighted by Crippen LogP contribution is -2.37. The van der Waals surface area contributed by atoms with E-state index in [9.17, 15) is 14.5 Å². The highest BCUT2D eigenvalue weighted by atomic mass is 19.1. The summed E-state index contributed by atoms with van der Waals surface area (Å²) >= 11 is 0. The van der Waals surface area contributed by atoms with Crippen molar-refractivity contribution < 1.29 is 14.4 Å². The molecule has 0 radical (unpaired) electrons. The van der Waals surface area contributed by atoms with Gasteiger partial charge in [-0.2, -0.15) is 0 Å². The Bertz CT molecular complexity index is 393. The number of hydrogen-bond acceptors (Lipinski definition) is 4. The number of aliphatic hydroxyl groups is 1. The molecule has 0 aliphatic carbocycles. The monoisotopic (exact) mass is 214 g/mol. The van der Waals surface area contributed by atoms with Crippen molar-refractivity contribution in [2.24, 2.45) is 5.73 Å². The van der Waals surface area contributed by atoms with E-state index in [1.54, 1.807) is 0 Å². The van der Waals surface area contributed by atoms with E-state index in [4.69, 9.17) is 10.8 Å². The van der Waals surface area contributed by atoms with E-state index in [2.05, 4.69) is 0 Å². The molecule has 0 aliphatic heterocycles. The van der Waals surface area contributed by atoms with Crippen molar-refractivity contribution in [3.8, 4) is 0 Å². The van der Waals surface area contributed by atoms with Crippen LogP contribution in [-0.4, -0.2) is 16.6 Å². The molecule has 1 aromatic rings. The minimum atomic E-state index is -1.32. The lowest BCUT2D eigenvalue weighted by molar-refractivity contribution is -0.385. The maximum Gasteiger partial charge on any atom is 0.269 e. The zero-order chi connectivity index (χ0) is 11.6. The van der Waals surface area contributed by atoms with Gasteiger partial charge in [0.25, 0.3) is 5.69 Å². The van der Waals surface area contributed by atoms with E-state index in [0.29, 0.717) is 0 Å². The number of nitrogens with zero attached hydrogens (tertiary/aromatic N) is 1. The summed E-state index contributed by atoms with van der Waals surface area (Å²) < 4.78 is 13.3. The maximum atomic E-state index is 13.3. The van der Waals surface area contributed by atoms with Gasteiger partial charge in [0, 0.05) is 17.7 Å². The summed E-state index contributed by atoms with van der Waals surface area (Å²) in [5.74, 6) is -0.667. The molecule has 82 valence electrons. The number of non-ortho nitro benzene ring substituents is 1. The van der Waals surface area contributed by atoms with Crippen LogP contribution < -0.4 is 5.73 Å². The van der Waals surface area contributed by atoms with Crippen LogP contribution in [0.1, 0.15) is 12.5 Å². The standard InChI is InChI=1S/C9H11FN2O3/c1-9(11,5-13)7-4-6(12(14)15)2-3-8(7)10/h2-4,13H,5,11H2,1H3. The van der Waals surface area contributed by atoms with Crippen molar-refractivity contribution in [2.75, 3.05) is 6.61 Å². The molecule has 0 saturated heterocycles. The van der Waals surface area contributed by atoms with Gasteiger partial charge >= 0.3 is 0 Å². The number of nitro groups is 1. The summed E-state index contributed by atoms with van der Waals surface area (Å²) in [6, 6.07) is 3.05. The smallest absolute Gasteiger partial charge is 0.269 e. The van der Waals surface area contributed by atoms with Crippen molar-refractivity contribution in [1.29, 1.82) is 0 Å². The zero-order valence-electron chi connectivity index (χ0n) is 8.11. The van der Waals surface area contributed by atoms with Gasteiger partial charge in [-0.05, 0) is 13.0 Å². The van der Waals surface area contributed by atoms with Gasteiger partial charge in [-0.15, -0.1) is 0 Å². The van der Waals surface area contributed by atoms with Gasteiger partial charge in [0.05, 0.1) is 17.1 Å². The van der Waals surface area contributed by atoms with E-state index < -0.39 is 22.9 Å². The van der Waals surface area contributed by atoms with E-state index in [1.165, 1.54) is 6.92 Å². The Kier molecular flexibility index (Phi) is 3.01. The van der Waals surface area contributed by atoms with Gasteiger partial charge in [-0.25, -0.2) is 4.39 Å². The summed E-state index contributed by atoms with van der Waals surface area (Å²) in [4.78, 5) is 9.82. The molecule has 1 aromatic carbocycles. The predicted molar refractivity (Wildman–Crippen MR) is 51.7 cm³/mol. The molecule has 3 N–H and O–H groups in total. The highest BCUT2D eigenvalue weighted by Gasteiger charge is 2.26. The molecule has 0 spiro atoms. The van der Waals surface area contributed by atoms with Gasteiger partial charge in [-0.1, -0.05) is 0 Å². The summed E-state index contributed by atoms with van der Waals surface area (Å²) in [6.45, 7) is 0.903. The highest BCUT2D eigenvalue weighted by molar-refractivity contribution is 5.38. The Hall–Kier alpha value is -1.53. The topological polar surface area (TPSA) is 89.4 Å². The third-order valence-corrected chi connectivity index (χ3v) is 2.10. The predicted octanol–water partition coefficient (Wildman–Crippen LogP) is 0.900. The number of halogens is 1. The molecule has 1 atom stereocenters. The molecule has 0 aromatic heterocycles. The van der Waals surface area contributed by atoms with Crippen molar-refractivity contribution >= 4 is 5.69 Å². The van der Waals surface area contributed by atoms with Gasteiger partial charge in [0.1, 0.15) is 5.82 Å². The number of rotatable bonds is 3. The van der Waals surface area contributed by atoms with Crippen molar-refractivity contribution in [1.82, 2.24) is 0 Å². The summed E-state index contributed by atoms with van der Waals surface area (Å²) in [5.41, 5.74) is 3.95. The fourth-order valence-corrected chi connectivity index (χ4v) is 1.15. The average Bonchev–Trinajstić information content (AvgIpc) is 2.17. The zero-order valence-corrected chi connectivity index (χ0v) is 8.11.